The third-order valence-corrected chi connectivity index (χ3v) is 10.5. The van der Waals surface area contributed by atoms with Crippen molar-refractivity contribution in [3.05, 3.63) is 64.8 Å². The lowest BCUT2D eigenvalue weighted by Crippen LogP contribution is -2.58. The molecule has 10 nitrogen and oxygen atoms in total. The highest BCUT2D eigenvalue weighted by molar-refractivity contribution is 7.89. The minimum absolute atomic E-state index is 0.173. The number of para-hydroxylation sites is 1. The first-order valence-corrected chi connectivity index (χ1v) is 16.0. The molecular formula is C29H29ClF3N5O5S. The van der Waals surface area contributed by atoms with E-state index in [4.69, 9.17) is 11.6 Å². The van der Waals surface area contributed by atoms with Gasteiger partial charge in [-0.3, -0.25) is 14.4 Å². The number of likely N-dealkylation sites (tertiary alicyclic amines) is 3. The van der Waals surface area contributed by atoms with Crippen LogP contribution in [0.15, 0.2) is 53.4 Å². The number of halogens is 4. The van der Waals surface area contributed by atoms with Gasteiger partial charge >= 0.3 is 6.18 Å². The number of H-pyrrole nitrogens is 1. The fourth-order valence-corrected chi connectivity index (χ4v) is 7.93. The van der Waals surface area contributed by atoms with Crippen LogP contribution < -0.4 is 4.72 Å². The van der Waals surface area contributed by atoms with E-state index in [1.165, 1.54) is 4.90 Å². The van der Waals surface area contributed by atoms with Crippen LogP contribution in [0, 0.1) is 0 Å². The Morgan fingerprint density at radius 1 is 0.977 bits per heavy atom. The summed E-state index contributed by atoms with van der Waals surface area (Å²) in [5.41, 5.74) is 0.0619. The summed E-state index contributed by atoms with van der Waals surface area (Å²) in [4.78, 5) is 47.4. The average molecular weight is 652 g/mol. The van der Waals surface area contributed by atoms with Gasteiger partial charge in [0.1, 0.15) is 16.6 Å². The summed E-state index contributed by atoms with van der Waals surface area (Å²) >= 11 is 5.87. The molecule has 3 atom stereocenters. The Morgan fingerprint density at radius 2 is 1.70 bits per heavy atom. The van der Waals surface area contributed by atoms with Crippen LogP contribution in [-0.4, -0.2) is 90.1 Å². The van der Waals surface area contributed by atoms with E-state index in [9.17, 15) is 36.0 Å². The highest BCUT2D eigenvalue weighted by Crippen LogP contribution is 2.35. The minimum Gasteiger partial charge on any atom is -0.351 e. The van der Waals surface area contributed by atoms with Gasteiger partial charge in [-0.2, -0.15) is 13.2 Å². The first-order chi connectivity index (χ1) is 20.8. The van der Waals surface area contributed by atoms with Gasteiger partial charge in [0.2, 0.25) is 21.8 Å². The van der Waals surface area contributed by atoms with Gasteiger partial charge < -0.3 is 19.7 Å². The van der Waals surface area contributed by atoms with Crippen molar-refractivity contribution < 1.29 is 36.0 Å². The van der Waals surface area contributed by atoms with E-state index in [2.05, 4.69) is 9.71 Å². The fraction of sp³-hybridized carbons (Fsp3) is 0.414. The first kappa shape index (κ1) is 30.4. The topological polar surface area (TPSA) is 123 Å². The number of rotatable bonds is 6. The number of piperazine rings is 1. The van der Waals surface area contributed by atoms with E-state index in [1.54, 1.807) is 15.9 Å². The molecule has 3 amide bonds. The lowest BCUT2D eigenvalue weighted by atomic mass is 9.99. The van der Waals surface area contributed by atoms with Gasteiger partial charge in [-0.15, -0.1) is 0 Å². The molecule has 2 N–H and O–H groups in total. The molecule has 3 saturated heterocycles. The van der Waals surface area contributed by atoms with Crippen LogP contribution >= 0.6 is 11.6 Å². The monoisotopic (exact) mass is 651 g/mol. The number of aromatic amines is 1. The summed E-state index contributed by atoms with van der Waals surface area (Å²) in [6, 6.07) is 9.99. The number of carbonyl (C=O) groups excluding carboxylic acids is 3. The van der Waals surface area contributed by atoms with E-state index in [0.717, 1.165) is 29.8 Å². The summed E-state index contributed by atoms with van der Waals surface area (Å²) in [7, 11) is -4.53. The van der Waals surface area contributed by atoms with Gasteiger partial charge in [0.15, 0.2) is 0 Å². The Kier molecular flexibility index (Phi) is 7.87. The fourth-order valence-electron chi connectivity index (χ4n) is 6.43. The van der Waals surface area contributed by atoms with Crippen molar-refractivity contribution in [3.8, 4) is 0 Å². The molecule has 0 unspecified atom stereocenters. The molecule has 0 saturated carbocycles. The zero-order valence-electron chi connectivity index (χ0n) is 23.3. The number of aromatic nitrogens is 1. The number of fused-ring (bicyclic) bond motifs is 3. The summed E-state index contributed by atoms with van der Waals surface area (Å²) < 4.78 is 66.9. The van der Waals surface area contributed by atoms with Crippen LogP contribution in [0.2, 0.25) is 5.02 Å². The van der Waals surface area contributed by atoms with Crippen molar-refractivity contribution >= 4 is 50.2 Å². The number of benzene rings is 2. The second kappa shape index (κ2) is 11.4. The van der Waals surface area contributed by atoms with Gasteiger partial charge in [0, 0.05) is 30.5 Å². The molecule has 4 heterocycles. The van der Waals surface area contributed by atoms with E-state index >= 15 is 0 Å². The molecule has 6 rings (SSSR count). The molecule has 44 heavy (non-hydrogen) atoms. The molecule has 0 radical (unpaired) electrons. The van der Waals surface area contributed by atoms with Crippen LogP contribution in [0.1, 0.15) is 41.7 Å². The summed E-state index contributed by atoms with van der Waals surface area (Å²) in [6.45, 7) is 0.199. The molecule has 3 aliphatic rings. The molecule has 234 valence electrons. The van der Waals surface area contributed by atoms with Crippen LogP contribution in [0.25, 0.3) is 10.9 Å². The molecule has 1 aromatic heterocycles. The van der Waals surface area contributed by atoms with Crippen molar-refractivity contribution in [1.82, 2.24) is 24.4 Å². The Balaban J connectivity index is 1.09. The van der Waals surface area contributed by atoms with Gasteiger partial charge in [-0.1, -0.05) is 29.8 Å². The standard InChI is InChI=1S/C29H29ClF3N5O5S/c30-21-9-8-18(29(31,32)33)12-25(21)44(42,43)34-14-26(39)37-15-20-13-19(37)16-38(20)28(41)24-7-3-4-10-36(24)27(40)23-11-17-5-1-2-6-22(17)35-23/h1-2,5-6,8-9,11-12,19-20,24,34-35H,3-4,7,10,13-16H2/t19-,20-,24-/m0/s1. The van der Waals surface area contributed by atoms with Crippen LogP contribution in [0.3, 0.4) is 0 Å². The number of carbonyl (C=O) groups is 3. The van der Waals surface area contributed by atoms with Crippen molar-refractivity contribution in [2.75, 3.05) is 26.2 Å². The Bertz CT molecular complexity index is 1710. The van der Waals surface area contributed by atoms with E-state index < -0.39 is 50.2 Å². The molecule has 15 heteroatoms. The lowest BCUT2D eigenvalue weighted by Gasteiger charge is -2.40. The zero-order chi connectivity index (χ0) is 31.4. The van der Waals surface area contributed by atoms with Crippen molar-refractivity contribution in [2.24, 2.45) is 0 Å². The third-order valence-electron chi connectivity index (χ3n) is 8.61. The Hall–Kier alpha value is -3.62. The quantitative estimate of drug-likeness (QED) is 0.422. The maximum Gasteiger partial charge on any atom is 0.416 e. The molecule has 3 aromatic rings. The molecular weight excluding hydrogens is 623 g/mol. The smallest absolute Gasteiger partial charge is 0.351 e. The minimum atomic E-state index is -4.78. The number of nitrogens with one attached hydrogen (secondary N) is 2. The van der Waals surface area contributed by atoms with Crippen molar-refractivity contribution in [2.45, 2.75) is 54.9 Å². The van der Waals surface area contributed by atoms with Crippen LogP contribution in [0.5, 0.6) is 0 Å². The summed E-state index contributed by atoms with van der Waals surface area (Å²) in [5, 5.41) is 0.490. The predicted octanol–water partition coefficient (Wildman–Crippen LogP) is 3.63. The zero-order valence-corrected chi connectivity index (χ0v) is 24.9. The maximum absolute atomic E-state index is 13.8. The molecule has 2 aromatic carbocycles. The highest BCUT2D eigenvalue weighted by Gasteiger charge is 2.49. The molecule has 3 fully saturated rings. The number of alkyl halides is 3. The van der Waals surface area contributed by atoms with Gasteiger partial charge in [-0.25, -0.2) is 13.1 Å². The Morgan fingerprint density at radius 3 is 2.41 bits per heavy atom. The van der Waals surface area contributed by atoms with E-state index in [0.29, 0.717) is 37.2 Å². The molecule has 3 aliphatic heterocycles. The highest BCUT2D eigenvalue weighted by atomic mass is 35.5. The third kappa shape index (κ3) is 5.66. The Labute approximate surface area is 256 Å². The van der Waals surface area contributed by atoms with E-state index in [1.807, 2.05) is 24.3 Å². The SMILES string of the molecule is O=C(CNS(=O)(=O)c1cc(C(F)(F)F)ccc1Cl)N1C[C@@H]2C[C@H]1CN2C(=O)[C@@H]1CCCCN1C(=O)c1cc2ccccc2[nH]1. The second-order valence-electron chi connectivity index (χ2n) is 11.3. The lowest BCUT2D eigenvalue weighted by molar-refractivity contribution is -0.143. The molecule has 2 bridgehead atoms. The van der Waals surface area contributed by atoms with Gasteiger partial charge in [0.05, 0.1) is 29.2 Å². The number of hydrogen-bond acceptors (Lipinski definition) is 5. The predicted molar refractivity (Wildman–Crippen MR) is 154 cm³/mol. The number of nitrogens with zero attached hydrogens (tertiary/aromatic N) is 3. The second-order valence-corrected chi connectivity index (χ2v) is 13.5. The number of hydrogen-bond donors (Lipinski definition) is 2. The number of piperidine rings is 1. The molecule has 0 spiro atoms. The van der Waals surface area contributed by atoms with Gasteiger partial charge in [0.25, 0.3) is 5.91 Å². The largest absolute Gasteiger partial charge is 0.416 e. The maximum atomic E-state index is 13.8. The average Bonchev–Trinajstić information content (AvgIpc) is 3.73. The van der Waals surface area contributed by atoms with Gasteiger partial charge in [-0.05, 0) is 56.0 Å². The van der Waals surface area contributed by atoms with Crippen LogP contribution in [0.4, 0.5) is 13.2 Å². The van der Waals surface area contributed by atoms with Crippen molar-refractivity contribution in [1.29, 1.82) is 0 Å². The van der Waals surface area contributed by atoms with Crippen LogP contribution in [-0.2, 0) is 25.8 Å². The van der Waals surface area contributed by atoms with Crippen molar-refractivity contribution in [3.63, 3.8) is 0 Å². The molecule has 0 aliphatic carbocycles. The summed E-state index contributed by atoms with van der Waals surface area (Å²) in [6.07, 6.45) is -2.16. The summed E-state index contributed by atoms with van der Waals surface area (Å²) in [5.74, 6) is -0.980. The van der Waals surface area contributed by atoms with E-state index in [-0.39, 0.29) is 37.0 Å². The number of amides is 3. The first-order valence-electron chi connectivity index (χ1n) is 14.2. The normalized spacial score (nSPS) is 22.2. The number of sulfonamides is 1.